The van der Waals surface area contributed by atoms with E-state index in [1.165, 1.54) is 13.0 Å². The summed E-state index contributed by atoms with van der Waals surface area (Å²) >= 11 is 0. The van der Waals surface area contributed by atoms with Crippen molar-refractivity contribution in [2.24, 2.45) is 10.8 Å². The van der Waals surface area contributed by atoms with Crippen molar-refractivity contribution in [2.75, 3.05) is 0 Å². The molecule has 1 aliphatic rings. The average molecular weight is 210 g/mol. The SMILES string of the molecule is CC1=CCC(C#N)(C#N)C(C#N)(C#N)C1=O. The zero-order valence-corrected chi connectivity index (χ0v) is 8.48. The van der Waals surface area contributed by atoms with Gasteiger partial charge in [-0.1, -0.05) is 6.08 Å². The summed E-state index contributed by atoms with van der Waals surface area (Å²) in [5.41, 5.74) is -3.88. The molecule has 0 unspecified atom stereocenters. The summed E-state index contributed by atoms with van der Waals surface area (Å²) in [4.78, 5) is 11.8. The number of nitriles is 4. The maximum atomic E-state index is 11.8. The van der Waals surface area contributed by atoms with Gasteiger partial charge in [0, 0.05) is 6.42 Å². The fourth-order valence-corrected chi connectivity index (χ4v) is 1.64. The first-order valence-electron chi connectivity index (χ1n) is 4.40. The molecule has 1 rings (SSSR count). The van der Waals surface area contributed by atoms with Crippen LogP contribution in [0, 0.1) is 56.2 Å². The molecule has 0 bridgehead atoms. The van der Waals surface area contributed by atoms with Gasteiger partial charge < -0.3 is 0 Å². The summed E-state index contributed by atoms with van der Waals surface area (Å²) in [6, 6.07) is 6.37. The largest absolute Gasteiger partial charge is 0.291 e. The van der Waals surface area contributed by atoms with Crippen LogP contribution in [0.3, 0.4) is 0 Å². The summed E-state index contributed by atoms with van der Waals surface area (Å²) in [5.74, 6) is -0.758. The van der Waals surface area contributed by atoms with Crippen LogP contribution in [0.1, 0.15) is 13.3 Å². The first kappa shape index (κ1) is 11.4. The summed E-state index contributed by atoms with van der Waals surface area (Å²) < 4.78 is 0. The van der Waals surface area contributed by atoms with Crippen LogP contribution in [0.4, 0.5) is 0 Å². The molecule has 0 heterocycles. The molecule has 0 N–H and O–H groups in total. The molecule has 0 aromatic heterocycles. The lowest BCUT2D eigenvalue weighted by Gasteiger charge is -2.32. The first-order valence-corrected chi connectivity index (χ1v) is 4.40. The van der Waals surface area contributed by atoms with Gasteiger partial charge in [-0.25, -0.2) is 0 Å². The van der Waals surface area contributed by atoms with Gasteiger partial charge in [-0.05, 0) is 12.5 Å². The number of carbonyl (C=O) groups excluding carboxylic acids is 1. The second kappa shape index (κ2) is 3.50. The van der Waals surface area contributed by atoms with Gasteiger partial charge in [0.05, 0.1) is 24.3 Å². The number of nitrogens with zero attached hydrogens (tertiary/aromatic N) is 4. The molecular weight excluding hydrogens is 204 g/mol. The maximum Gasteiger partial charge on any atom is 0.237 e. The van der Waals surface area contributed by atoms with Crippen molar-refractivity contribution < 1.29 is 4.79 Å². The molecule has 0 amide bonds. The van der Waals surface area contributed by atoms with E-state index in [-0.39, 0.29) is 12.0 Å². The van der Waals surface area contributed by atoms with Crippen molar-refractivity contribution in [3.63, 3.8) is 0 Å². The number of allylic oxidation sites excluding steroid dienone is 2. The van der Waals surface area contributed by atoms with Gasteiger partial charge in [-0.2, -0.15) is 21.0 Å². The Kier molecular flexibility index (Phi) is 2.50. The van der Waals surface area contributed by atoms with Gasteiger partial charge in [0.2, 0.25) is 5.41 Å². The summed E-state index contributed by atoms with van der Waals surface area (Å²) in [5, 5.41) is 36.0. The minimum absolute atomic E-state index is 0.0846. The minimum Gasteiger partial charge on any atom is -0.291 e. The van der Waals surface area contributed by atoms with Crippen LogP contribution in [-0.2, 0) is 4.79 Å². The molecule has 0 spiro atoms. The number of hydrogen-bond acceptors (Lipinski definition) is 5. The normalized spacial score (nSPS) is 20.6. The number of ketones is 1. The van der Waals surface area contributed by atoms with Gasteiger partial charge in [-0.3, -0.25) is 4.79 Å². The maximum absolute atomic E-state index is 11.8. The van der Waals surface area contributed by atoms with Crippen LogP contribution in [0.5, 0.6) is 0 Å². The lowest BCUT2D eigenvalue weighted by molar-refractivity contribution is -0.123. The van der Waals surface area contributed by atoms with E-state index in [2.05, 4.69) is 0 Å². The van der Waals surface area contributed by atoms with Gasteiger partial charge in [-0.15, -0.1) is 0 Å². The van der Waals surface area contributed by atoms with Crippen LogP contribution in [0.2, 0.25) is 0 Å². The van der Waals surface area contributed by atoms with Crippen molar-refractivity contribution in [3.05, 3.63) is 11.6 Å². The Bertz CT molecular complexity index is 516. The molecule has 0 aliphatic heterocycles. The van der Waals surface area contributed by atoms with Crippen molar-refractivity contribution >= 4 is 5.78 Å². The summed E-state index contributed by atoms with van der Waals surface area (Å²) in [6.07, 6.45) is 1.33. The highest BCUT2D eigenvalue weighted by Gasteiger charge is 2.61. The van der Waals surface area contributed by atoms with Crippen molar-refractivity contribution in [3.8, 4) is 24.3 Å². The lowest BCUT2D eigenvalue weighted by Crippen LogP contribution is -2.47. The number of hydrogen-bond donors (Lipinski definition) is 0. The molecule has 16 heavy (non-hydrogen) atoms. The van der Waals surface area contributed by atoms with Crippen LogP contribution >= 0.6 is 0 Å². The summed E-state index contributed by atoms with van der Waals surface area (Å²) in [7, 11) is 0. The van der Waals surface area contributed by atoms with E-state index in [9.17, 15) is 4.79 Å². The molecule has 0 saturated carbocycles. The van der Waals surface area contributed by atoms with E-state index in [0.717, 1.165) is 0 Å². The molecule has 0 aromatic carbocycles. The molecule has 5 nitrogen and oxygen atoms in total. The molecule has 5 heteroatoms. The average Bonchev–Trinajstić information content (AvgIpc) is 2.33. The van der Waals surface area contributed by atoms with E-state index in [0.29, 0.717) is 0 Å². The standard InChI is InChI=1S/C11H6N4O/c1-8-2-3-10(4-12,5-13)11(6-14,7-15)9(8)16/h2H,3H2,1H3. The zero-order chi connectivity index (χ0) is 12.4. The van der Waals surface area contributed by atoms with Crippen molar-refractivity contribution in [1.29, 1.82) is 21.0 Å². The van der Waals surface area contributed by atoms with E-state index in [4.69, 9.17) is 21.0 Å². The molecule has 0 atom stereocenters. The van der Waals surface area contributed by atoms with Gasteiger partial charge >= 0.3 is 0 Å². The highest BCUT2D eigenvalue weighted by molar-refractivity contribution is 6.05. The van der Waals surface area contributed by atoms with Crippen LogP contribution in [0.25, 0.3) is 0 Å². The van der Waals surface area contributed by atoms with E-state index < -0.39 is 16.6 Å². The number of Topliss-reactive ketones (excluding diaryl/α,β-unsaturated/α-hetero) is 1. The second-order valence-electron chi connectivity index (χ2n) is 3.52. The third-order valence-electron chi connectivity index (χ3n) is 2.77. The highest BCUT2D eigenvalue weighted by atomic mass is 16.1. The van der Waals surface area contributed by atoms with Crippen molar-refractivity contribution in [2.45, 2.75) is 13.3 Å². The molecule has 1 aliphatic carbocycles. The zero-order valence-electron chi connectivity index (χ0n) is 8.48. The number of rotatable bonds is 0. The fraction of sp³-hybridized carbons (Fsp3) is 0.364. The molecule has 0 radical (unpaired) electrons. The Labute approximate surface area is 92.4 Å². The van der Waals surface area contributed by atoms with Crippen LogP contribution in [-0.4, -0.2) is 5.78 Å². The molecular formula is C11H6N4O. The third-order valence-corrected chi connectivity index (χ3v) is 2.77. The topological polar surface area (TPSA) is 112 Å². The lowest BCUT2D eigenvalue weighted by atomic mass is 9.58. The molecule has 0 aromatic rings. The summed E-state index contributed by atoms with van der Waals surface area (Å²) in [6.45, 7) is 1.46. The predicted molar refractivity (Wildman–Crippen MR) is 50.7 cm³/mol. The quantitative estimate of drug-likeness (QED) is 0.591. The Hall–Kier alpha value is -2.63. The Morgan fingerprint density at radius 1 is 1.12 bits per heavy atom. The molecule has 0 saturated heterocycles. The second-order valence-corrected chi connectivity index (χ2v) is 3.52. The van der Waals surface area contributed by atoms with E-state index in [1.54, 1.807) is 24.3 Å². The Morgan fingerprint density at radius 2 is 1.62 bits per heavy atom. The highest BCUT2D eigenvalue weighted by Crippen LogP contribution is 2.46. The van der Waals surface area contributed by atoms with Crippen molar-refractivity contribution in [1.82, 2.24) is 0 Å². The minimum atomic E-state index is -2.21. The van der Waals surface area contributed by atoms with Crippen LogP contribution in [0.15, 0.2) is 11.6 Å². The Balaban J connectivity index is 3.66. The van der Waals surface area contributed by atoms with E-state index >= 15 is 0 Å². The first-order chi connectivity index (χ1) is 7.53. The van der Waals surface area contributed by atoms with Crippen LogP contribution < -0.4 is 0 Å². The molecule has 76 valence electrons. The van der Waals surface area contributed by atoms with Gasteiger partial charge in [0.1, 0.15) is 0 Å². The smallest absolute Gasteiger partial charge is 0.237 e. The predicted octanol–water partition coefficient (Wildman–Crippen LogP) is 0.973. The molecule has 0 fully saturated rings. The number of carbonyl (C=O) groups is 1. The monoisotopic (exact) mass is 210 g/mol. The Morgan fingerprint density at radius 3 is 2.00 bits per heavy atom. The van der Waals surface area contributed by atoms with Gasteiger partial charge in [0.15, 0.2) is 11.2 Å². The fourth-order valence-electron chi connectivity index (χ4n) is 1.64. The third kappa shape index (κ3) is 1.04. The van der Waals surface area contributed by atoms with Gasteiger partial charge in [0.25, 0.3) is 0 Å². The van der Waals surface area contributed by atoms with E-state index in [1.807, 2.05) is 0 Å².